The minimum Gasteiger partial charge on any atom is -0.379 e. The zero-order valence-electron chi connectivity index (χ0n) is 24.9. The number of carbonyl (C=O) groups is 3. The number of nitrogens with zero attached hydrogens (tertiary/aromatic N) is 2. The number of hydrogen-bond donors (Lipinski definition) is 3. The molecule has 0 saturated carbocycles. The number of benzene rings is 1. The van der Waals surface area contributed by atoms with Crippen LogP contribution in [0.2, 0.25) is 0 Å². The van der Waals surface area contributed by atoms with Gasteiger partial charge in [-0.1, -0.05) is 56.8 Å². The first kappa shape index (κ1) is 33.2. The molecule has 2 atom stereocenters. The van der Waals surface area contributed by atoms with Gasteiger partial charge in [0.1, 0.15) is 0 Å². The highest BCUT2D eigenvalue weighted by Crippen LogP contribution is 2.29. The van der Waals surface area contributed by atoms with Crippen molar-refractivity contribution in [3.05, 3.63) is 69.7 Å². The predicted molar refractivity (Wildman–Crippen MR) is 168 cm³/mol. The van der Waals surface area contributed by atoms with Crippen molar-refractivity contribution in [2.75, 3.05) is 39.4 Å². The highest BCUT2D eigenvalue weighted by atomic mass is 32.1. The van der Waals surface area contributed by atoms with E-state index in [2.05, 4.69) is 46.9 Å². The summed E-state index contributed by atoms with van der Waals surface area (Å²) in [5.74, 6) is 0.135. The molecule has 1 aromatic heterocycles. The normalized spacial score (nSPS) is 16.9. The Morgan fingerprint density at radius 1 is 1.19 bits per heavy atom. The van der Waals surface area contributed by atoms with E-state index in [9.17, 15) is 14.4 Å². The van der Waals surface area contributed by atoms with E-state index in [1.54, 1.807) is 18.3 Å². The third kappa shape index (κ3) is 11.5. The Morgan fingerprint density at radius 3 is 2.57 bits per heavy atom. The second-order valence-corrected chi connectivity index (χ2v) is 11.8. The van der Waals surface area contributed by atoms with Crippen LogP contribution in [0.4, 0.5) is 0 Å². The first-order valence-electron chi connectivity index (χ1n) is 14.8. The number of thiazole rings is 1. The van der Waals surface area contributed by atoms with Crippen LogP contribution in [-0.2, 0) is 38.4 Å². The van der Waals surface area contributed by atoms with Gasteiger partial charge >= 0.3 is 0 Å². The monoisotopic (exact) mass is 595 g/mol. The third-order valence-corrected chi connectivity index (χ3v) is 8.38. The number of primary amides is 1. The molecule has 2 aliphatic rings. The van der Waals surface area contributed by atoms with Crippen LogP contribution >= 0.6 is 11.3 Å². The van der Waals surface area contributed by atoms with Crippen molar-refractivity contribution >= 4 is 35.1 Å². The number of nitrogens with two attached hydrogens (primary N) is 1. The lowest BCUT2D eigenvalue weighted by Crippen LogP contribution is -2.46. The van der Waals surface area contributed by atoms with Gasteiger partial charge < -0.3 is 21.1 Å². The number of aromatic nitrogens is 1. The number of amides is 3. The lowest BCUT2D eigenvalue weighted by Gasteiger charge is -2.27. The number of nitrogens with one attached hydrogen (secondary N) is 2. The average Bonchev–Trinajstić information content (AvgIpc) is 3.42. The van der Waals surface area contributed by atoms with Gasteiger partial charge in [-0.3, -0.25) is 19.3 Å². The lowest BCUT2D eigenvalue weighted by molar-refractivity contribution is -0.122. The number of fused-ring (bicyclic) bond motifs is 1. The van der Waals surface area contributed by atoms with E-state index in [4.69, 9.17) is 9.72 Å². The summed E-state index contributed by atoms with van der Waals surface area (Å²) in [6.45, 7) is 11.7. The fourth-order valence-electron chi connectivity index (χ4n) is 4.65. The van der Waals surface area contributed by atoms with Gasteiger partial charge in [-0.25, -0.2) is 4.98 Å². The molecule has 2 unspecified atom stereocenters. The van der Waals surface area contributed by atoms with Gasteiger partial charge in [0, 0.05) is 55.9 Å². The molecule has 1 fully saturated rings. The summed E-state index contributed by atoms with van der Waals surface area (Å²) >= 11 is 1.73. The van der Waals surface area contributed by atoms with Gasteiger partial charge in [-0.15, -0.1) is 11.3 Å². The van der Waals surface area contributed by atoms with Crippen molar-refractivity contribution in [1.82, 2.24) is 20.5 Å². The number of rotatable bonds is 13. The average molecular weight is 596 g/mol. The predicted octanol–water partition coefficient (Wildman–Crippen LogP) is 3.29. The number of aryl methyl sites for hydroxylation is 1. The first-order chi connectivity index (χ1) is 20.3. The largest absolute Gasteiger partial charge is 0.379 e. The van der Waals surface area contributed by atoms with E-state index in [-0.39, 0.29) is 23.8 Å². The second-order valence-electron chi connectivity index (χ2n) is 10.6. The highest BCUT2D eigenvalue weighted by molar-refractivity contribution is 7.11. The number of morpholine rings is 1. The van der Waals surface area contributed by atoms with Gasteiger partial charge in [0.25, 0.3) is 0 Å². The summed E-state index contributed by atoms with van der Waals surface area (Å²) < 4.78 is 5.37. The van der Waals surface area contributed by atoms with E-state index in [1.165, 1.54) is 4.88 Å². The van der Waals surface area contributed by atoms with Crippen molar-refractivity contribution in [3.63, 3.8) is 0 Å². The molecule has 1 aliphatic heterocycles. The van der Waals surface area contributed by atoms with Crippen molar-refractivity contribution < 1.29 is 19.1 Å². The van der Waals surface area contributed by atoms with E-state index < -0.39 is 0 Å². The number of allylic oxidation sites excluding steroid dienone is 1. The Labute approximate surface area is 253 Å². The lowest BCUT2D eigenvalue weighted by atomic mass is 9.96. The topological polar surface area (TPSA) is 127 Å². The molecule has 2 heterocycles. The molecule has 1 aromatic carbocycles. The Morgan fingerprint density at radius 2 is 1.90 bits per heavy atom. The maximum Gasteiger partial charge on any atom is 0.247 e. The smallest absolute Gasteiger partial charge is 0.247 e. The van der Waals surface area contributed by atoms with Crippen molar-refractivity contribution in [3.8, 4) is 0 Å². The van der Waals surface area contributed by atoms with Gasteiger partial charge in [0.05, 0.1) is 30.0 Å². The van der Waals surface area contributed by atoms with Crippen LogP contribution in [0.1, 0.15) is 54.3 Å². The van der Waals surface area contributed by atoms with Gasteiger partial charge in [-0.2, -0.15) is 0 Å². The SMILES string of the molecule is C=C(CN1CCOCC1)C(=O)NCC(Cc1ccccc1)NC(=O)CCc1nc2c(s1)CC(CC)C=C2.CCC(N)=O. The van der Waals surface area contributed by atoms with Crippen LogP contribution in [0.25, 0.3) is 6.08 Å². The highest BCUT2D eigenvalue weighted by Gasteiger charge is 2.20. The molecule has 9 nitrogen and oxygen atoms in total. The summed E-state index contributed by atoms with van der Waals surface area (Å²) in [7, 11) is 0. The van der Waals surface area contributed by atoms with Gasteiger partial charge in [-0.05, 0) is 36.8 Å². The van der Waals surface area contributed by atoms with Crippen molar-refractivity contribution in [2.24, 2.45) is 11.7 Å². The number of ether oxygens (including phenoxy) is 1. The van der Waals surface area contributed by atoms with Crippen LogP contribution in [0.5, 0.6) is 0 Å². The van der Waals surface area contributed by atoms with E-state index in [1.807, 2.05) is 30.3 Å². The Kier molecular flexibility index (Phi) is 13.9. The fraction of sp³-hybridized carbons (Fsp3) is 0.500. The molecule has 1 aliphatic carbocycles. The molecule has 42 heavy (non-hydrogen) atoms. The van der Waals surface area contributed by atoms with Crippen molar-refractivity contribution in [1.29, 1.82) is 0 Å². The van der Waals surface area contributed by atoms with Gasteiger partial charge in [0.2, 0.25) is 17.7 Å². The van der Waals surface area contributed by atoms with Crippen LogP contribution in [-0.4, -0.2) is 73.0 Å². The van der Waals surface area contributed by atoms with Gasteiger partial charge in [0.15, 0.2) is 0 Å². The summed E-state index contributed by atoms with van der Waals surface area (Å²) in [5.41, 5.74) is 7.35. The molecular weight excluding hydrogens is 550 g/mol. The molecule has 0 spiro atoms. The zero-order chi connectivity index (χ0) is 30.3. The van der Waals surface area contributed by atoms with Crippen LogP contribution in [0, 0.1) is 5.92 Å². The van der Waals surface area contributed by atoms with Crippen molar-refractivity contribution in [2.45, 2.75) is 58.4 Å². The standard InChI is InChI=1S/C29H38N4O3S.C3H7NO/c1-3-22-9-10-25-26(18-22)37-28(32-25)12-11-27(34)31-24(17-23-7-5-4-6-8-23)19-30-29(35)21(2)20-33-13-15-36-16-14-33;1-2-3(4)5/h4-10,22,24H,2-3,11-20H2,1H3,(H,30,35)(H,31,34);2H2,1H3,(H2,4,5). The molecule has 4 rings (SSSR count). The molecule has 2 aromatic rings. The fourth-order valence-corrected chi connectivity index (χ4v) is 5.79. The summed E-state index contributed by atoms with van der Waals surface area (Å²) in [6, 6.07) is 9.80. The Bertz CT molecular complexity index is 1210. The summed E-state index contributed by atoms with van der Waals surface area (Å²) in [6.07, 6.45) is 8.62. The molecule has 0 radical (unpaired) electrons. The van der Waals surface area contributed by atoms with E-state index in [0.29, 0.717) is 63.5 Å². The maximum absolute atomic E-state index is 12.9. The summed E-state index contributed by atoms with van der Waals surface area (Å²) in [5, 5.41) is 7.14. The molecule has 4 N–H and O–H groups in total. The molecule has 1 saturated heterocycles. The summed E-state index contributed by atoms with van der Waals surface area (Å²) in [4.78, 5) is 43.4. The molecular formula is C32H45N5O4S. The molecule has 0 bridgehead atoms. The molecule has 3 amide bonds. The second kappa shape index (κ2) is 17.6. The van der Waals surface area contributed by atoms with Crippen LogP contribution in [0.15, 0.2) is 48.6 Å². The molecule has 10 heteroatoms. The third-order valence-electron chi connectivity index (χ3n) is 7.22. The quantitative estimate of drug-likeness (QED) is 0.305. The maximum atomic E-state index is 12.9. The van der Waals surface area contributed by atoms with E-state index in [0.717, 1.165) is 42.2 Å². The number of carbonyl (C=O) groups excluding carboxylic acids is 3. The first-order valence-corrected chi connectivity index (χ1v) is 15.6. The number of hydrogen-bond acceptors (Lipinski definition) is 7. The van der Waals surface area contributed by atoms with E-state index >= 15 is 0 Å². The minimum atomic E-state index is -0.245. The minimum absolute atomic E-state index is 0.0301. The Hall–Kier alpha value is -3.34. The molecule has 228 valence electrons. The Balaban J connectivity index is 0.000000892. The van der Waals surface area contributed by atoms with Crippen LogP contribution in [0.3, 0.4) is 0 Å². The van der Waals surface area contributed by atoms with Crippen LogP contribution < -0.4 is 16.4 Å². The zero-order valence-corrected chi connectivity index (χ0v) is 25.7.